The van der Waals surface area contributed by atoms with Crippen molar-refractivity contribution in [1.82, 2.24) is 3.71 Å². The number of hydrogen-bond donors (Lipinski definition) is 0. The van der Waals surface area contributed by atoms with Gasteiger partial charge in [-0.25, -0.2) is 16.8 Å². The highest BCUT2D eigenvalue weighted by Crippen LogP contribution is 2.56. The third kappa shape index (κ3) is 6.91. The summed E-state index contributed by atoms with van der Waals surface area (Å²) in [7, 11) is -7.25. The Hall–Kier alpha value is -1.82. The van der Waals surface area contributed by atoms with Crippen LogP contribution in [0.4, 0.5) is 37.7 Å². The van der Waals surface area contributed by atoms with E-state index >= 15 is 0 Å². The molecule has 3 fully saturated rings. The molecule has 17 heteroatoms. The van der Waals surface area contributed by atoms with Gasteiger partial charge in [0.1, 0.15) is 23.0 Å². The average molecular weight is 778 g/mol. The third-order valence-corrected chi connectivity index (χ3v) is 19.3. The summed E-state index contributed by atoms with van der Waals surface area (Å²) in [4.78, 5) is 4.87. The molecule has 7 nitrogen and oxygen atoms in total. The van der Waals surface area contributed by atoms with Crippen LogP contribution in [-0.2, 0) is 41.8 Å². The van der Waals surface area contributed by atoms with Gasteiger partial charge >= 0.3 is 16.4 Å². The van der Waals surface area contributed by atoms with Crippen LogP contribution in [0.1, 0.15) is 61.2 Å². The van der Waals surface area contributed by atoms with Gasteiger partial charge in [0, 0.05) is 43.6 Å². The second-order valence-electron chi connectivity index (χ2n) is 12.2. The van der Waals surface area contributed by atoms with Gasteiger partial charge in [0.2, 0.25) is 0 Å². The first-order chi connectivity index (χ1) is 22.9. The van der Waals surface area contributed by atoms with E-state index in [1.807, 2.05) is 13.8 Å². The van der Waals surface area contributed by atoms with Gasteiger partial charge in [-0.15, -0.1) is 0 Å². The van der Waals surface area contributed by atoms with Gasteiger partial charge in [-0.1, -0.05) is 54.0 Å². The van der Waals surface area contributed by atoms with E-state index in [0.717, 1.165) is 10.5 Å². The number of fused-ring (bicyclic) bond motifs is 2. The van der Waals surface area contributed by atoms with Crippen LogP contribution in [-0.4, -0.2) is 94.2 Å². The molecule has 2 atom stereocenters. The number of halogens is 6. The number of sulfonamides is 2. The SMILES string of the molecule is CC.CN1CC([S+]2CCCC2)c2ccccc21.CN1CC([S+]2CCCC2)c2ccccc21.CN1S(=O)(=O)C(F)(F)C(F)(F)C(F)(F)S1(=O)=O. The molecule has 5 aliphatic rings. The molecule has 5 aliphatic heterocycles. The number of para-hydroxylation sites is 2. The van der Waals surface area contributed by atoms with Crippen LogP contribution < -0.4 is 9.80 Å². The Balaban J connectivity index is 0.000000161. The van der Waals surface area contributed by atoms with E-state index in [1.165, 1.54) is 73.2 Å². The van der Waals surface area contributed by atoms with Crippen molar-refractivity contribution in [2.24, 2.45) is 0 Å². The van der Waals surface area contributed by atoms with Crippen molar-refractivity contribution in [3.05, 3.63) is 59.7 Å². The minimum absolute atomic E-state index is 0.179. The van der Waals surface area contributed by atoms with Gasteiger partial charge in [0.05, 0.1) is 13.1 Å². The van der Waals surface area contributed by atoms with Crippen LogP contribution in [0.2, 0.25) is 0 Å². The summed E-state index contributed by atoms with van der Waals surface area (Å²) in [5.74, 6) is -0.649. The zero-order valence-corrected chi connectivity index (χ0v) is 31.5. The second-order valence-corrected chi connectivity index (χ2v) is 21.3. The lowest BCUT2D eigenvalue weighted by Gasteiger charge is -2.39. The minimum atomic E-state index is -6.57. The van der Waals surface area contributed by atoms with E-state index in [0.29, 0.717) is 21.8 Å². The number of anilines is 2. The van der Waals surface area contributed by atoms with Crippen molar-refractivity contribution in [3.8, 4) is 0 Å². The van der Waals surface area contributed by atoms with Crippen molar-refractivity contribution in [3.63, 3.8) is 0 Å². The molecule has 7 rings (SSSR count). The van der Waals surface area contributed by atoms with Crippen LogP contribution >= 0.6 is 0 Å². The predicted molar refractivity (Wildman–Crippen MR) is 189 cm³/mol. The Kier molecular flexibility index (Phi) is 12.3. The highest BCUT2D eigenvalue weighted by atomic mass is 32.3. The zero-order valence-electron chi connectivity index (χ0n) is 28.2. The van der Waals surface area contributed by atoms with Crippen LogP contribution in [0, 0.1) is 0 Å². The van der Waals surface area contributed by atoms with Gasteiger partial charge in [-0.3, -0.25) is 0 Å². The first kappa shape index (κ1) is 40.0. The highest BCUT2D eigenvalue weighted by molar-refractivity contribution is 8.05. The molecule has 49 heavy (non-hydrogen) atoms. The molecule has 3 saturated heterocycles. The summed E-state index contributed by atoms with van der Waals surface area (Å²) >= 11 is 0. The summed E-state index contributed by atoms with van der Waals surface area (Å²) in [6.45, 7) is 6.50. The zero-order chi connectivity index (χ0) is 36.6. The van der Waals surface area contributed by atoms with Crippen molar-refractivity contribution in [2.75, 3.05) is 67.0 Å². The first-order valence-corrected chi connectivity index (χ1v) is 22.3. The fourth-order valence-corrected chi connectivity index (χ4v) is 15.6. The molecule has 2 unspecified atom stereocenters. The molecule has 0 aromatic heterocycles. The van der Waals surface area contributed by atoms with Crippen molar-refractivity contribution >= 4 is 53.2 Å². The lowest BCUT2D eigenvalue weighted by atomic mass is 10.2. The lowest BCUT2D eigenvalue weighted by molar-refractivity contribution is -0.249. The maximum Gasteiger partial charge on any atom is 0.429 e. The topological polar surface area (TPSA) is 78.0 Å². The van der Waals surface area contributed by atoms with E-state index in [4.69, 9.17) is 0 Å². The van der Waals surface area contributed by atoms with Crippen molar-refractivity contribution in [1.29, 1.82) is 0 Å². The largest absolute Gasteiger partial charge is 0.429 e. The lowest BCUT2D eigenvalue weighted by Crippen LogP contribution is -2.70. The van der Waals surface area contributed by atoms with Gasteiger partial charge in [0.15, 0.2) is 10.5 Å². The maximum absolute atomic E-state index is 12.7. The normalized spacial score (nSPS) is 27.5. The van der Waals surface area contributed by atoms with Gasteiger partial charge in [0.25, 0.3) is 20.0 Å². The molecule has 0 spiro atoms. The monoisotopic (exact) mass is 777 g/mol. The van der Waals surface area contributed by atoms with Crippen LogP contribution in [0.25, 0.3) is 0 Å². The molecule has 0 N–H and O–H groups in total. The number of benzene rings is 2. The minimum Gasteiger partial charge on any atom is -0.369 e. The number of rotatable bonds is 2. The van der Waals surface area contributed by atoms with Crippen molar-refractivity contribution < 1.29 is 43.2 Å². The molecule has 0 aliphatic carbocycles. The number of hydrogen-bond acceptors (Lipinski definition) is 6. The average Bonchev–Trinajstić information content (AvgIpc) is 3.90. The summed E-state index contributed by atoms with van der Waals surface area (Å²) < 4.78 is 118. The molecule has 0 radical (unpaired) electrons. The molecule has 0 amide bonds. The summed E-state index contributed by atoms with van der Waals surface area (Å²) in [5, 5.41) is -10.8. The maximum atomic E-state index is 12.7. The quantitative estimate of drug-likeness (QED) is 0.252. The van der Waals surface area contributed by atoms with E-state index in [2.05, 4.69) is 72.4 Å². The number of likely N-dealkylation sites (N-methyl/N-ethyl adjacent to an activating group) is 2. The fourth-order valence-electron chi connectivity index (χ4n) is 6.54. The molecule has 2 aromatic rings. The summed E-state index contributed by atoms with van der Waals surface area (Å²) in [5.41, 5.74) is 6.18. The Morgan fingerprint density at radius 1 is 0.592 bits per heavy atom. The Bertz CT molecular complexity index is 1550. The Morgan fingerprint density at radius 2 is 0.898 bits per heavy atom. The molecular formula is C32H45F6N3O4S4+2. The molecule has 2 aromatic carbocycles. The molecule has 0 saturated carbocycles. The fraction of sp³-hybridized carbons (Fsp3) is 0.625. The standard InChI is InChI=1S/2C13H18NS.C4H3F6NO4S2.C2H6/c2*1-14-10-13(15-8-4-5-9-15)11-6-2-3-7-12(11)14;1-11-16(12,13)3(7,8)2(5,6)4(9,10)17(11,14)15;1-2/h2*2-3,6-7,13H,4-5,8-10H2,1H3;1H3;1-2H3/q2*+1;;. The smallest absolute Gasteiger partial charge is 0.369 e. The summed E-state index contributed by atoms with van der Waals surface area (Å²) in [6.07, 6.45) is 5.86. The van der Waals surface area contributed by atoms with Crippen LogP contribution in [0.3, 0.4) is 0 Å². The van der Waals surface area contributed by atoms with Crippen LogP contribution in [0.5, 0.6) is 0 Å². The number of nitrogens with zero attached hydrogens (tertiary/aromatic N) is 3. The number of alkyl halides is 6. The molecule has 5 heterocycles. The van der Waals surface area contributed by atoms with Crippen molar-refractivity contribution in [2.45, 2.75) is 66.5 Å². The molecule has 0 bridgehead atoms. The van der Waals surface area contributed by atoms with E-state index in [-0.39, 0.29) is 7.05 Å². The van der Waals surface area contributed by atoms with Gasteiger partial charge < -0.3 is 9.80 Å². The summed E-state index contributed by atoms with van der Waals surface area (Å²) in [6, 6.07) is 18.0. The molecule has 276 valence electrons. The van der Waals surface area contributed by atoms with E-state index < -0.39 is 40.2 Å². The first-order valence-electron chi connectivity index (χ1n) is 16.2. The third-order valence-electron chi connectivity index (χ3n) is 9.26. The Morgan fingerprint density at radius 3 is 1.22 bits per heavy atom. The Labute approximate surface area is 292 Å². The van der Waals surface area contributed by atoms with Crippen LogP contribution in [0.15, 0.2) is 48.5 Å². The molecular weight excluding hydrogens is 733 g/mol. The van der Waals surface area contributed by atoms with E-state index in [9.17, 15) is 43.2 Å². The van der Waals surface area contributed by atoms with Gasteiger partial charge in [-0.05, 0) is 59.6 Å². The predicted octanol–water partition coefficient (Wildman–Crippen LogP) is 6.62. The van der Waals surface area contributed by atoms with E-state index in [1.54, 1.807) is 11.1 Å². The highest BCUT2D eigenvalue weighted by Gasteiger charge is 2.88. The van der Waals surface area contributed by atoms with Gasteiger partial charge in [-0.2, -0.15) is 26.3 Å². The second kappa shape index (κ2) is 15.0.